The first-order valence-electron chi connectivity index (χ1n) is 10.1. The summed E-state index contributed by atoms with van der Waals surface area (Å²) in [5.74, 6) is 1.31. The average molecular weight is 415 g/mol. The van der Waals surface area contributed by atoms with Crippen molar-refractivity contribution in [3.63, 3.8) is 0 Å². The number of hydrogen-bond donors (Lipinski definition) is 2. The largest absolute Gasteiger partial charge is 0.492 e. The van der Waals surface area contributed by atoms with Crippen LogP contribution in [-0.2, 0) is 0 Å². The van der Waals surface area contributed by atoms with Gasteiger partial charge in [0.1, 0.15) is 18.2 Å². The van der Waals surface area contributed by atoms with Crippen molar-refractivity contribution in [2.24, 2.45) is 0 Å². The molecule has 4 rings (SSSR count). The van der Waals surface area contributed by atoms with Gasteiger partial charge in [0.2, 0.25) is 0 Å². The molecule has 0 aliphatic heterocycles. The minimum atomic E-state index is -0.175. The van der Waals surface area contributed by atoms with Crippen LogP contribution >= 0.6 is 0 Å². The number of benzene rings is 2. The van der Waals surface area contributed by atoms with Crippen molar-refractivity contribution in [2.45, 2.75) is 0 Å². The Hall–Kier alpha value is -3.71. The van der Waals surface area contributed by atoms with Gasteiger partial charge in [-0.05, 0) is 50.5 Å². The minimum Gasteiger partial charge on any atom is -0.492 e. The third-order valence-electron chi connectivity index (χ3n) is 5.02. The van der Waals surface area contributed by atoms with Crippen LogP contribution in [0.2, 0.25) is 0 Å². The van der Waals surface area contributed by atoms with E-state index < -0.39 is 0 Å². The van der Waals surface area contributed by atoms with Crippen LogP contribution in [0.25, 0.3) is 21.7 Å². The van der Waals surface area contributed by atoms with E-state index in [2.05, 4.69) is 20.5 Å². The van der Waals surface area contributed by atoms with Crippen molar-refractivity contribution in [1.82, 2.24) is 20.2 Å². The number of carbonyl (C=O) groups is 1. The molecule has 0 spiro atoms. The predicted molar refractivity (Wildman–Crippen MR) is 124 cm³/mol. The fourth-order valence-electron chi connectivity index (χ4n) is 3.40. The molecule has 2 heterocycles. The molecular weight excluding hydrogens is 390 g/mol. The first-order chi connectivity index (χ1) is 15.1. The number of pyridine rings is 2. The van der Waals surface area contributed by atoms with Gasteiger partial charge in [-0.1, -0.05) is 12.1 Å². The highest BCUT2D eigenvalue weighted by Crippen LogP contribution is 2.32. The normalized spacial score (nSPS) is 11.1. The maximum absolute atomic E-state index is 12.4. The highest BCUT2D eigenvalue weighted by molar-refractivity contribution is 6.15. The van der Waals surface area contributed by atoms with Gasteiger partial charge >= 0.3 is 0 Å². The lowest BCUT2D eigenvalue weighted by atomic mass is 10.0. The van der Waals surface area contributed by atoms with Gasteiger partial charge in [0.25, 0.3) is 5.91 Å². The molecule has 0 saturated heterocycles. The van der Waals surface area contributed by atoms with Crippen LogP contribution in [0.1, 0.15) is 10.4 Å². The van der Waals surface area contributed by atoms with Gasteiger partial charge in [0.15, 0.2) is 0 Å². The number of para-hydroxylation sites is 1. The van der Waals surface area contributed by atoms with E-state index in [4.69, 9.17) is 9.72 Å². The molecule has 2 N–H and O–H groups in total. The second-order valence-electron chi connectivity index (χ2n) is 7.46. The van der Waals surface area contributed by atoms with Crippen LogP contribution in [-0.4, -0.2) is 55.1 Å². The van der Waals surface area contributed by atoms with Gasteiger partial charge in [-0.15, -0.1) is 0 Å². The Morgan fingerprint density at radius 2 is 1.84 bits per heavy atom. The van der Waals surface area contributed by atoms with Crippen LogP contribution in [0, 0.1) is 0 Å². The van der Waals surface area contributed by atoms with Gasteiger partial charge < -0.3 is 20.3 Å². The molecule has 2 aromatic carbocycles. The summed E-state index contributed by atoms with van der Waals surface area (Å²) in [6.07, 6.45) is 3.55. The Morgan fingerprint density at radius 3 is 2.58 bits per heavy atom. The summed E-state index contributed by atoms with van der Waals surface area (Å²) in [5.41, 5.74) is 2.04. The number of aromatic nitrogens is 2. The third kappa shape index (κ3) is 4.41. The van der Waals surface area contributed by atoms with E-state index in [1.54, 1.807) is 25.5 Å². The fourth-order valence-corrected chi connectivity index (χ4v) is 3.40. The van der Waals surface area contributed by atoms with E-state index in [1.807, 2.05) is 56.6 Å². The Labute approximate surface area is 181 Å². The number of nitrogens with zero attached hydrogens (tertiary/aromatic N) is 3. The van der Waals surface area contributed by atoms with Crippen LogP contribution in [0.5, 0.6) is 5.75 Å². The number of ether oxygens (including phenoxy) is 1. The van der Waals surface area contributed by atoms with Gasteiger partial charge in [0.05, 0.1) is 11.1 Å². The molecule has 4 aromatic rings. The van der Waals surface area contributed by atoms with Crippen molar-refractivity contribution in [2.75, 3.05) is 39.6 Å². The fraction of sp³-hybridized carbons (Fsp3) is 0.208. The van der Waals surface area contributed by atoms with Crippen molar-refractivity contribution in [1.29, 1.82) is 0 Å². The Balaban J connectivity index is 1.70. The number of hydrogen-bond acceptors (Lipinski definition) is 6. The van der Waals surface area contributed by atoms with E-state index >= 15 is 0 Å². The Morgan fingerprint density at radius 1 is 1.03 bits per heavy atom. The molecule has 0 radical (unpaired) electrons. The van der Waals surface area contributed by atoms with E-state index in [0.29, 0.717) is 23.5 Å². The number of carbonyl (C=O) groups excluding carboxylic acids is 1. The summed E-state index contributed by atoms with van der Waals surface area (Å²) >= 11 is 0. The molecule has 0 unspecified atom stereocenters. The number of anilines is 2. The highest BCUT2D eigenvalue weighted by Gasteiger charge is 2.15. The lowest BCUT2D eigenvalue weighted by Gasteiger charge is -2.14. The maximum Gasteiger partial charge on any atom is 0.253 e. The summed E-state index contributed by atoms with van der Waals surface area (Å²) in [5, 5.41) is 8.84. The Kier molecular flexibility index (Phi) is 5.95. The van der Waals surface area contributed by atoms with Crippen molar-refractivity contribution >= 4 is 39.1 Å². The molecule has 0 fully saturated rings. The summed E-state index contributed by atoms with van der Waals surface area (Å²) in [7, 11) is 5.65. The molecular formula is C24H25N5O2. The molecule has 2 aromatic heterocycles. The average Bonchev–Trinajstić information content (AvgIpc) is 2.79. The number of fused-ring (bicyclic) bond motifs is 3. The lowest BCUT2D eigenvalue weighted by Crippen LogP contribution is -2.19. The number of amides is 1. The van der Waals surface area contributed by atoms with Crippen molar-refractivity contribution in [3.8, 4) is 5.75 Å². The predicted octanol–water partition coefficient (Wildman–Crippen LogP) is 3.83. The highest BCUT2D eigenvalue weighted by atomic mass is 16.5. The Bertz CT molecular complexity index is 1220. The third-order valence-corrected chi connectivity index (χ3v) is 5.02. The van der Waals surface area contributed by atoms with Gasteiger partial charge in [-0.2, -0.15) is 0 Å². The number of rotatable bonds is 7. The van der Waals surface area contributed by atoms with Crippen LogP contribution in [0.15, 0.2) is 60.9 Å². The summed E-state index contributed by atoms with van der Waals surface area (Å²) < 4.78 is 5.77. The molecule has 158 valence electrons. The molecule has 0 aliphatic carbocycles. The first-order valence-corrected chi connectivity index (χ1v) is 10.1. The SMILES string of the molecule is CNC(=O)c1cccc2c1nc(Nc1ccc(OCCN(C)C)cc1)c1ccncc12. The minimum absolute atomic E-state index is 0.175. The van der Waals surface area contributed by atoms with E-state index in [9.17, 15) is 4.79 Å². The van der Waals surface area contributed by atoms with Crippen LogP contribution < -0.4 is 15.4 Å². The molecule has 0 aliphatic rings. The van der Waals surface area contributed by atoms with Crippen LogP contribution in [0.4, 0.5) is 11.5 Å². The zero-order chi connectivity index (χ0) is 21.8. The standard InChI is InChI=1S/C24H25N5O2/c1-25-24(30)20-6-4-5-18-21-15-26-12-11-19(21)23(28-22(18)20)27-16-7-9-17(10-8-16)31-14-13-29(2)3/h4-12,15H,13-14H2,1-3H3,(H,25,30)(H,27,28). The van der Waals surface area contributed by atoms with Gasteiger partial charge in [0, 0.05) is 47.8 Å². The molecule has 31 heavy (non-hydrogen) atoms. The summed E-state index contributed by atoms with van der Waals surface area (Å²) in [4.78, 5) is 23.6. The number of likely N-dealkylation sites (N-methyl/N-ethyl adjacent to an activating group) is 1. The molecule has 7 nitrogen and oxygen atoms in total. The quantitative estimate of drug-likeness (QED) is 0.447. The van der Waals surface area contributed by atoms with E-state index in [0.717, 1.165) is 34.1 Å². The van der Waals surface area contributed by atoms with Crippen molar-refractivity contribution in [3.05, 3.63) is 66.5 Å². The first kappa shape index (κ1) is 20.6. The molecule has 7 heteroatoms. The van der Waals surface area contributed by atoms with Gasteiger partial charge in [-0.25, -0.2) is 4.98 Å². The molecule has 1 amide bonds. The van der Waals surface area contributed by atoms with E-state index in [-0.39, 0.29) is 5.91 Å². The smallest absolute Gasteiger partial charge is 0.253 e. The second-order valence-corrected chi connectivity index (χ2v) is 7.46. The monoisotopic (exact) mass is 415 g/mol. The zero-order valence-electron chi connectivity index (χ0n) is 17.8. The van der Waals surface area contributed by atoms with Crippen LogP contribution in [0.3, 0.4) is 0 Å². The summed E-state index contributed by atoms with van der Waals surface area (Å²) in [6, 6.07) is 15.3. The molecule has 0 atom stereocenters. The maximum atomic E-state index is 12.4. The molecule has 0 bridgehead atoms. The lowest BCUT2D eigenvalue weighted by molar-refractivity contribution is 0.0964. The second kappa shape index (κ2) is 8.97. The van der Waals surface area contributed by atoms with Crippen molar-refractivity contribution < 1.29 is 9.53 Å². The zero-order valence-corrected chi connectivity index (χ0v) is 17.8. The van der Waals surface area contributed by atoms with Gasteiger partial charge in [-0.3, -0.25) is 9.78 Å². The van der Waals surface area contributed by atoms with E-state index in [1.165, 1.54) is 0 Å². The topological polar surface area (TPSA) is 79.4 Å². The molecule has 0 saturated carbocycles. The summed E-state index contributed by atoms with van der Waals surface area (Å²) in [6.45, 7) is 1.49. The number of nitrogens with one attached hydrogen (secondary N) is 2.